The molecule has 1 aliphatic heterocycles. The van der Waals surface area contributed by atoms with Crippen molar-refractivity contribution in [3.05, 3.63) is 0 Å². The minimum Gasteiger partial charge on any atom is -0.315 e. The Bertz CT molecular complexity index is 165. The van der Waals surface area contributed by atoms with E-state index in [9.17, 15) is 0 Å². The molecule has 1 heterocycles. The molecule has 13 heavy (non-hydrogen) atoms. The fourth-order valence-corrected chi connectivity index (χ4v) is 2.37. The van der Waals surface area contributed by atoms with Gasteiger partial charge in [-0.15, -0.1) is 0 Å². The molecular formula is C11H22N2. The molecule has 2 nitrogen and oxygen atoms in total. The average molecular weight is 182 g/mol. The summed E-state index contributed by atoms with van der Waals surface area (Å²) < 4.78 is 0. The van der Waals surface area contributed by atoms with Crippen LogP contribution in [0.2, 0.25) is 0 Å². The van der Waals surface area contributed by atoms with E-state index in [0.29, 0.717) is 0 Å². The van der Waals surface area contributed by atoms with Crippen molar-refractivity contribution < 1.29 is 0 Å². The number of rotatable bonds is 2. The molecule has 2 rings (SSSR count). The molecule has 2 fully saturated rings. The van der Waals surface area contributed by atoms with Gasteiger partial charge in [0.05, 0.1) is 0 Å². The van der Waals surface area contributed by atoms with Gasteiger partial charge in [0.15, 0.2) is 0 Å². The van der Waals surface area contributed by atoms with Gasteiger partial charge in [-0.3, -0.25) is 4.90 Å². The summed E-state index contributed by atoms with van der Waals surface area (Å²) >= 11 is 0. The molecular weight excluding hydrogens is 160 g/mol. The maximum Gasteiger partial charge on any atom is 0.0110 e. The van der Waals surface area contributed by atoms with Crippen molar-refractivity contribution in [3.8, 4) is 0 Å². The molecule has 76 valence electrons. The summed E-state index contributed by atoms with van der Waals surface area (Å²) in [7, 11) is 0. The van der Waals surface area contributed by atoms with E-state index in [2.05, 4.69) is 24.1 Å². The van der Waals surface area contributed by atoms with Crippen LogP contribution in [0.15, 0.2) is 0 Å². The average Bonchev–Trinajstić information content (AvgIpc) is 2.88. The topological polar surface area (TPSA) is 15.3 Å². The highest BCUT2D eigenvalue weighted by atomic mass is 15.2. The first-order chi connectivity index (χ1) is 6.27. The van der Waals surface area contributed by atoms with E-state index in [4.69, 9.17) is 0 Å². The van der Waals surface area contributed by atoms with Gasteiger partial charge in [-0.2, -0.15) is 0 Å². The number of nitrogens with zero attached hydrogens (tertiary/aromatic N) is 1. The molecule has 0 aromatic rings. The molecule has 1 aliphatic carbocycles. The van der Waals surface area contributed by atoms with E-state index in [-0.39, 0.29) is 0 Å². The molecule has 1 saturated carbocycles. The van der Waals surface area contributed by atoms with Gasteiger partial charge in [0.1, 0.15) is 0 Å². The van der Waals surface area contributed by atoms with Crippen LogP contribution in [0.4, 0.5) is 0 Å². The number of nitrogens with one attached hydrogen (secondary N) is 1. The van der Waals surface area contributed by atoms with Crippen molar-refractivity contribution in [2.24, 2.45) is 11.8 Å². The largest absolute Gasteiger partial charge is 0.315 e. The normalized spacial score (nSPS) is 34.2. The van der Waals surface area contributed by atoms with E-state index in [1.54, 1.807) is 0 Å². The van der Waals surface area contributed by atoms with Crippen molar-refractivity contribution in [1.29, 1.82) is 0 Å². The van der Waals surface area contributed by atoms with E-state index < -0.39 is 0 Å². The Balaban J connectivity index is 1.87. The van der Waals surface area contributed by atoms with Crippen LogP contribution in [0.1, 0.15) is 26.7 Å². The third-order valence-corrected chi connectivity index (χ3v) is 3.49. The third kappa shape index (κ3) is 2.44. The summed E-state index contributed by atoms with van der Waals surface area (Å²) in [6.07, 6.45) is 2.94. The van der Waals surface area contributed by atoms with E-state index in [0.717, 1.165) is 17.9 Å². The summed E-state index contributed by atoms with van der Waals surface area (Å²) in [5, 5.41) is 3.50. The predicted molar refractivity (Wildman–Crippen MR) is 55.8 cm³/mol. The lowest BCUT2D eigenvalue weighted by Gasteiger charge is -2.28. The SMILES string of the molecule is CC1CNCCN(C(C)C2CC2)C1. The maximum atomic E-state index is 3.50. The Hall–Kier alpha value is -0.0800. The second-order valence-electron chi connectivity index (χ2n) is 4.88. The van der Waals surface area contributed by atoms with Crippen molar-refractivity contribution >= 4 is 0 Å². The minimum atomic E-state index is 0.823. The first-order valence-corrected chi connectivity index (χ1v) is 5.72. The second-order valence-corrected chi connectivity index (χ2v) is 4.88. The molecule has 1 saturated heterocycles. The Kier molecular flexibility index (Phi) is 2.89. The highest BCUT2D eigenvalue weighted by Gasteiger charge is 2.32. The van der Waals surface area contributed by atoms with Crippen LogP contribution >= 0.6 is 0 Å². The Morgan fingerprint density at radius 1 is 1.38 bits per heavy atom. The van der Waals surface area contributed by atoms with Gasteiger partial charge in [-0.1, -0.05) is 6.92 Å². The van der Waals surface area contributed by atoms with Crippen LogP contribution in [0.5, 0.6) is 0 Å². The smallest absolute Gasteiger partial charge is 0.0110 e. The molecule has 2 unspecified atom stereocenters. The lowest BCUT2D eigenvalue weighted by Crippen LogP contribution is -2.38. The van der Waals surface area contributed by atoms with Gasteiger partial charge < -0.3 is 5.32 Å². The molecule has 0 aromatic carbocycles. The second kappa shape index (κ2) is 3.97. The maximum absolute atomic E-state index is 3.50. The fraction of sp³-hybridized carbons (Fsp3) is 1.00. The first kappa shape index (κ1) is 9.47. The third-order valence-electron chi connectivity index (χ3n) is 3.49. The van der Waals surface area contributed by atoms with Crippen molar-refractivity contribution in [1.82, 2.24) is 10.2 Å². The number of hydrogen-bond donors (Lipinski definition) is 1. The predicted octanol–water partition coefficient (Wildman–Crippen LogP) is 1.33. The molecule has 0 aromatic heterocycles. The van der Waals surface area contributed by atoms with Crippen molar-refractivity contribution in [3.63, 3.8) is 0 Å². The summed E-state index contributed by atoms with van der Waals surface area (Å²) in [6.45, 7) is 9.70. The van der Waals surface area contributed by atoms with E-state index >= 15 is 0 Å². The van der Waals surface area contributed by atoms with Crippen LogP contribution in [0.3, 0.4) is 0 Å². The Morgan fingerprint density at radius 2 is 2.15 bits per heavy atom. The molecule has 2 heteroatoms. The molecule has 1 N–H and O–H groups in total. The molecule has 0 amide bonds. The zero-order valence-corrected chi connectivity index (χ0v) is 8.92. The molecule has 2 atom stereocenters. The van der Waals surface area contributed by atoms with Crippen molar-refractivity contribution in [2.75, 3.05) is 26.2 Å². The van der Waals surface area contributed by atoms with Gasteiger partial charge in [-0.05, 0) is 38.1 Å². The molecule has 0 radical (unpaired) electrons. The first-order valence-electron chi connectivity index (χ1n) is 5.72. The van der Waals surface area contributed by atoms with Crippen molar-refractivity contribution in [2.45, 2.75) is 32.7 Å². The minimum absolute atomic E-state index is 0.823. The van der Waals surface area contributed by atoms with E-state index in [1.165, 1.54) is 39.0 Å². The van der Waals surface area contributed by atoms with Crippen LogP contribution < -0.4 is 5.32 Å². The zero-order valence-electron chi connectivity index (χ0n) is 8.92. The highest BCUT2D eigenvalue weighted by molar-refractivity contribution is 4.87. The zero-order chi connectivity index (χ0) is 9.26. The summed E-state index contributed by atoms with van der Waals surface area (Å²) in [4.78, 5) is 2.68. The monoisotopic (exact) mass is 182 g/mol. The van der Waals surface area contributed by atoms with Crippen LogP contribution in [0.25, 0.3) is 0 Å². The summed E-state index contributed by atoms with van der Waals surface area (Å²) in [5.41, 5.74) is 0. The van der Waals surface area contributed by atoms with Gasteiger partial charge >= 0.3 is 0 Å². The Labute approximate surface area is 81.7 Å². The standard InChI is InChI=1S/C11H22N2/c1-9-7-12-5-6-13(8-9)10(2)11-3-4-11/h9-12H,3-8H2,1-2H3. The van der Waals surface area contributed by atoms with Crippen LogP contribution in [0, 0.1) is 11.8 Å². The van der Waals surface area contributed by atoms with Gasteiger partial charge in [0, 0.05) is 25.7 Å². The fourth-order valence-electron chi connectivity index (χ4n) is 2.37. The van der Waals surface area contributed by atoms with Gasteiger partial charge in [0.2, 0.25) is 0 Å². The van der Waals surface area contributed by atoms with Crippen LogP contribution in [-0.2, 0) is 0 Å². The quantitative estimate of drug-likeness (QED) is 0.693. The molecule has 2 aliphatic rings. The summed E-state index contributed by atoms with van der Waals surface area (Å²) in [5.74, 6) is 1.84. The lowest BCUT2D eigenvalue weighted by molar-refractivity contribution is 0.184. The van der Waals surface area contributed by atoms with Gasteiger partial charge in [0.25, 0.3) is 0 Å². The Morgan fingerprint density at radius 3 is 2.85 bits per heavy atom. The molecule has 0 bridgehead atoms. The van der Waals surface area contributed by atoms with E-state index in [1.807, 2.05) is 0 Å². The molecule has 0 spiro atoms. The highest BCUT2D eigenvalue weighted by Crippen LogP contribution is 2.35. The van der Waals surface area contributed by atoms with Gasteiger partial charge in [-0.25, -0.2) is 0 Å². The summed E-state index contributed by atoms with van der Waals surface area (Å²) in [6, 6.07) is 0.836. The van der Waals surface area contributed by atoms with Crippen LogP contribution in [-0.4, -0.2) is 37.1 Å². The lowest BCUT2D eigenvalue weighted by atomic mass is 10.1. The number of hydrogen-bond acceptors (Lipinski definition) is 2.